The van der Waals surface area contributed by atoms with E-state index >= 15 is 0 Å². The minimum atomic E-state index is -0.170. The molecule has 0 spiro atoms. The number of benzene rings is 1. The van der Waals surface area contributed by atoms with Gasteiger partial charge < -0.3 is 14.8 Å². The van der Waals surface area contributed by atoms with E-state index in [1.807, 2.05) is 52.0 Å². The number of ether oxygens (including phenoxy) is 2. The van der Waals surface area contributed by atoms with Crippen molar-refractivity contribution in [3.8, 4) is 11.5 Å². The van der Waals surface area contributed by atoms with Gasteiger partial charge in [0.15, 0.2) is 0 Å². The number of hydrogen-bond donors (Lipinski definition) is 1. The summed E-state index contributed by atoms with van der Waals surface area (Å²) in [5.74, 6) is 1.84. The zero-order valence-electron chi connectivity index (χ0n) is 16.6. The molecule has 2 rings (SSSR count). The monoisotopic (exact) mass is 363 g/mol. The molecule has 6 nitrogen and oxygen atoms in total. The van der Waals surface area contributed by atoms with E-state index in [-0.39, 0.29) is 11.4 Å². The van der Waals surface area contributed by atoms with Crippen LogP contribution in [-0.2, 0) is 4.79 Å². The quantitative estimate of drug-likeness (QED) is 0.766. The zero-order valence-corrected chi connectivity index (χ0v) is 16.6. The zero-order chi connectivity index (χ0) is 19.0. The van der Waals surface area contributed by atoms with Crippen molar-refractivity contribution in [1.82, 2.24) is 15.1 Å². The first-order chi connectivity index (χ1) is 12.4. The van der Waals surface area contributed by atoms with Gasteiger partial charge in [-0.15, -0.1) is 0 Å². The van der Waals surface area contributed by atoms with E-state index in [1.165, 1.54) is 0 Å². The van der Waals surface area contributed by atoms with Crippen LogP contribution in [0.3, 0.4) is 0 Å². The van der Waals surface area contributed by atoms with Gasteiger partial charge in [-0.1, -0.05) is 0 Å². The fourth-order valence-electron chi connectivity index (χ4n) is 2.92. The lowest BCUT2D eigenvalue weighted by atomic mass is 10.1. The summed E-state index contributed by atoms with van der Waals surface area (Å²) in [7, 11) is 0. The van der Waals surface area contributed by atoms with Crippen LogP contribution in [0.15, 0.2) is 24.3 Å². The fraction of sp³-hybridized carbons (Fsp3) is 0.650. The lowest BCUT2D eigenvalue weighted by Gasteiger charge is -2.34. The van der Waals surface area contributed by atoms with Gasteiger partial charge >= 0.3 is 0 Å². The van der Waals surface area contributed by atoms with Crippen molar-refractivity contribution in [3.63, 3.8) is 0 Å². The third-order valence-corrected chi connectivity index (χ3v) is 4.16. The van der Waals surface area contributed by atoms with Crippen molar-refractivity contribution in [2.24, 2.45) is 0 Å². The SMILES string of the molecule is CCOc1ccc(OCCN2CCN(CC(=O)NC(C)(C)C)CC2)cc1. The van der Waals surface area contributed by atoms with Crippen LogP contribution in [0.4, 0.5) is 0 Å². The molecule has 1 aromatic carbocycles. The molecule has 1 saturated heterocycles. The van der Waals surface area contributed by atoms with Crippen molar-refractivity contribution >= 4 is 5.91 Å². The second kappa shape index (κ2) is 9.78. The molecule has 0 saturated carbocycles. The van der Waals surface area contributed by atoms with Crippen molar-refractivity contribution in [1.29, 1.82) is 0 Å². The summed E-state index contributed by atoms with van der Waals surface area (Å²) in [5.41, 5.74) is -0.170. The van der Waals surface area contributed by atoms with Crippen LogP contribution in [0, 0.1) is 0 Å². The van der Waals surface area contributed by atoms with Gasteiger partial charge in [0.05, 0.1) is 13.2 Å². The van der Waals surface area contributed by atoms with Gasteiger partial charge in [-0.2, -0.15) is 0 Å². The average Bonchev–Trinajstić information content (AvgIpc) is 2.56. The highest BCUT2D eigenvalue weighted by molar-refractivity contribution is 5.78. The molecule has 1 aliphatic rings. The molecule has 0 aromatic heterocycles. The summed E-state index contributed by atoms with van der Waals surface area (Å²) in [6.45, 7) is 14.5. The lowest BCUT2D eigenvalue weighted by Crippen LogP contribution is -2.52. The predicted octanol–water partition coefficient (Wildman–Crippen LogP) is 2.00. The van der Waals surface area contributed by atoms with Crippen molar-refractivity contribution in [2.45, 2.75) is 33.2 Å². The van der Waals surface area contributed by atoms with Crippen LogP contribution in [0.5, 0.6) is 11.5 Å². The maximum absolute atomic E-state index is 12.0. The van der Waals surface area contributed by atoms with Crippen LogP contribution < -0.4 is 14.8 Å². The Bertz CT molecular complexity index is 546. The predicted molar refractivity (Wildman–Crippen MR) is 104 cm³/mol. The molecule has 1 amide bonds. The molecule has 1 aliphatic heterocycles. The third-order valence-electron chi connectivity index (χ3n) is 4.16. The number of hydrogen-bond acceptors (Lipinski definition) is 5. The number of nitrogens with one attached hydrogen (secondary N) is 1. The molecule has 1 N–H and O–H groups in total. The Kier molecular flexibility index (Phi) is 7.72. The van der Waals surface area contributed by atoms with Crippen LogP contribution in [0.2, 0.25) is 0 Å². The van der Waals surface area contributed by atoms with Crippen molar-refractivity contribution in [2.75, 3.05) is 52.5 Å². The maximum atomic E-state index is 12.0. The van der Waals surface area contributed by atoms with Gasteiger partial charge in [0.25, 0.3) is 0 Å². The van der Waals surface area contributed by atoms with E-state index in [4.69, 9.17) is 9.47 Å². The standard InChI is InChI=1S/C20H33N3O3/c1-5-25-17-6-8-18(9-7-17)26-15-14-22-10-12-23(13-11-22)16-19(24)21-20(2,3)4/h6-9H,5,10-16H2,1-4H3,(H,21,24). The van der Waals surface area contributed by atoms with Crippen LogP contribution >= 0.6 is 0 Å². The number of amides is 1. The molecule has 1 aromatic rings. The minimum Gasteiger partial charge on any atom is -0.494 e. The van der Waals surface area contributed by atoms with E-state index in [9.17, 15) is 4.79 Å². The van der Waals surface area contributed by atoms with Crippen LogP contribution in [-0.4, -0.2) is 73.7 Å². The van der Waals surface area contributed by atoms with E-state index in [0.717, 1.165) is 44.2 Å². The number of rotatable bonds is 8. The second-order valence-electron chi connectivity index (χ2n) is 7.67. The summed E-state index contributed by atoms with van der Waals surface area (Å²) >= 11 is 0. The van der Waals surface area contributed by atoms with Crippen molar-refractivity contribution in [3.05, 3.63) is 24.3 Å². The van der Waals surface area contributed by atoms with Gasteiger partial charge in [-0.3, -0.25) is 14.6 Å². The molecular weight excluding hydrogens is 330 g/mol. The Balaban J connectivity index is 1.62. The van der Waals surface area contributed by atoms with Crippen LogP contribution in [0.1, 0.15) is 27.7 Å². The summed E-state index contributed by atoms with van der Waals surface area (Å²) in [6, 6.07) is 7.74. The average molecular weight is 364 g/mol. The van der Waals surface area contributed by atoms with E-state index in [1.54, 1.807) is 0 Å². The summed E-state index contributed by atoms with van der Waals surface area (Å²) in [4.78, 5) is 16.6. The molecule has 26 heavy (non-hydrogen) atoms. The normalized spacial score (nSPS) is 16.3. The lowest BCUT2D eigenvalue weighted by molar-refractivity contribution is -0.124. The number of carbonyl (C=O) groups excluding carboxylic acids is 1. The first-order valence-electron chi connectivity index (χ1n) is 9.47. The highest BCUT2D eigenvalue weighted by atomic mass is 16.5. The molecule has 1 heterocycles. The Morgan fingerprint density at radius 2 is 1.54 bits per heavy atom. The molecule has 0 bridgehead atoms. The topological polar surface area (TPSA) is 54.0 Å². The van der Waals surface area contributed by atoms with E-state index in [0.29, 0.717) is 19.8 Å². The number of carbonyl (C=O) groups is 1. The largest absolute Gasteiger partial charge is 0.494 e. The van der Waals surface area contributed by atoms with Gasteiger partial charge in [-0.05, 0) is 52.0 Å². The first kappa shape index (κ1) is 20.5. The smallest absolute Gasteiger partial charge is 0.234 e. The Morgan fingerprint density at radius 3 is 2.08 bits per heavy atom. The highest BCUT2D eigenvalue weighted by Crippen LogP contribution is 2.17. The van der Waals surface area contributed by atoms with Gasteiger partial charge in [-0.25, -0.2) is 0 Å². The molecule has 0 radical (unpaired) electrons. The Morgan fingerprint density at radius 1 is 1.00 bits per heavy atom. The van der Waals surface area contributed by atoms with E-state index in [2.05, 4.69) is 15.1 Å². The third kappa shape index (κ3) is 7.62. The maximum Gasteiger partial charge on any atom is 0.234 e. The minimum absolute atomic E-state index is 0.102. The molecule has 146 valence electrons. The van der Waals surface area contributed by atoms with E-state index < -0.39 is 0 Å². The van der Waals surface area contributed by atoms with Gasteiger partial charge in [0.2, 0.25) is 5.91 Å². The molecule has 6 heteroatoms. The molecule has 0 aliphatic carbocycles. The van der Waals surface area contributed by atoms with Gasteiger partial charge in [0, 0.05) is 38.3 Å². The fourth-order valence-corrected chi connectivity index (χ4v) is 2.92. The second-order valence-corrected chi connectivity index (χ2v) is 7.67. The molecule has 1 fully saturated rings. The highest BCUT2D eigenvalue weighted by Gasteiger charge is 2.20. The number of nitrogens with zero attached hydrogens (tertiary/aromatic N) is 2. The van der Waals surface area contributed by atoms with Crippen molar-refractivity contribution < 1.29 is 14.3 Å². The Labute approximate surface area is 157 Å². The summed E-state index contributed by atoms with van der Waals surface area (Å²) in [5, 5.41) is 3.02. The molecular formula is C20H33N3O3. The van der Waals surface area contributed by atoms with Crippen LogP contribution in [0.25, 0.3) is 0 Å². The number of piperazine rings is 1. The summed E-state index contributed by atoms with van der Waals surface area (Å²) in [6.07, 6.45) is 0. The molecule has 0 unspecified atom stereocenters. The summed E-state index contributed by atoms with van der Waals surface area (Å²) < 4.78 is 11.2. The first-order valence-corrected chi connectivity index (χ1v) is 9.47. The molecule has 0 atom stereocenters. The van der Waals surface area contributed by atoms with Gasteiger partial charge in [0.1, 0.15) is 18.1 Å². The Hall–Kier alpha value is -1.79.